The highest BCUT2D eigenvalue weighted by molar-refractivity contribution is 5.93. The standard InChI is InChI=1S/C13H18F3N3O3/c1-8-7-10(22-18-8)17-11(20)9(2)19-5-3-12(21,4-6-19)13(14,15)16/h7,9,21H,3-6H2,1-2H3,(H,17,20). The van der Waals surface area contributed by atoms with Gasteiger partial charge >= 0.3 is 6.18 Å². The molecule has 1 aliphatic heterocycles. The fraction of sp³-hybridized carbons (Fsp3) is 0.692. The molecular weight excluding hydrogens is 303 g/mol. The Morgan fingerprint density at radius 1 is 1.50 bits per heavy atom. The number of alkyl halides is 3. The number of aliphatic hydroxyl groups is 1. The lowest BCUT2D eigenvalue weighted by Gasteiger charge is -2.40. The molecule has 0 bridgehead atoms. The van der Waals surface area contributed by atoms with Gasteiger partial charge in [0.15, 0.2) is 5.60 Å². The summed E-state index contributed by atoms with van der Waals surface area (Å²) < 4.78 is 43.1. The van der Waals surface area contributed by atoms with Gasteiger partial charge in [0, 0.05) is 19.2 Å². The largest absolute Gasteiger partial charge is 0.417 e. The van der Waals surface area contributed by atoms with Crippen LogP contribution in [0.15, 0.2) is 10.6 Å². The Balaban J connectivity index is 1.92. The van der Waals surface area contributed by atoms with Crippen LogP contribution in [-0.2, 0) is 4.79 Å². The van der Waals surface area contributed by atoms with Gasteiger partial charge in [-0.3, -0.25) is 15.0 Å². The highest BCUT2D eigenvalue weighted by Crippen LogP contribution is 2.38. The zero-order valence-electron chi connectivity index (χ0n) is 12.3. The number of nitrogens with zero attached hydrogens (tertiary/aromatic N) is 2. The third-order valence-electron chi connectivity index (χ3n) is 3.95. The number of nitrogens with one attached hydrogen (secondary N) is 1. The molecular formula is C13H18F3N3O3. The average molecular weight is 321 g/mol. The van der Waals surface area contributed by atoms with Crippen molar-refractivity contribution in [1.29, 1.82) is 0 Å². The van der Waals surface area contributed by atoms with Gasteiger partial charge in [0.1, 0.15) is 0 Å². The second kappa shape index (κ2) is 5.88. The Morgan fingerprint density at radius 3 is 2.55 bits per heavy atom. The van der Waals surface area contributed by atoms with E-state index < -0.39 is 36.6 Å². The molecule has 1 aromatic rings. The van der Waals surface area contributed by atoms with Gasteiger partial charge in [-0.25, -0.2) is 0 Å². The summed E-state index contributed by atoms with van der Waals surface area (Å²) in [5.41, 5.74) is -2.06. The molecule has 2 N–H and O–H groups in total. The summed E-state index contributed by atoms with van der Waals surface area (Å²) in [6, 6.07) is 0.909. The van der Waals surface area contributed by atoms with Gasteiger partial charge in [-0.1, -0.05) is 5.16 Å². The smallest absolute Gasteiger partial charge is 0.380 e. The van der Waals surface area contributed by atoms with Crippen molar-refractivity contribution in [1.82, 2.24) is 10.1 Å². The Labute approximate surface area is 125 Å². The minimum Gasteiger partial charge on any atom is -0.380 e. The van der Waals surface area contributed by atoms with Crippen molar-refractivity contribution in [3.63, 3.8) is 0 Å². The summed E-state index contributed by atoms with van der Waals surface area (Å²) in [6.07, 6.45) is -5.55. The molecule has 6 nitrogen and oxygen atoms in total. The van der Waals surface area contributed by atoms with Crippen molar-refractivity contribution in [2.24, 2.45) is 0 Å². The number of carbonyl (C=O) groups excluding carboxylic acids is 1. The fourth-order valence-electron chi connectivity index (χ4n) is 2.38. The molecule has 0 aromatic carbocycles. The first-order chi connectivity index (χ1) is 10.1. The topological polar surface area (TPSA) is 78.6 Å². The summed E-state index contributed by atoms with van der Waals surface area (Å²) in [6.45, 7) is 3.27. The van der Waals surface area contributed by atoms with Crippen molar-refractivity contribution in [3.8, 4) is 0 Å². The van der Waals surface area contributed by atoms with Crippen LogP contribution >= 0.6 is 0 Å². The minimum absolute atomic E-state index is 0.0139. The maximum atomic E-state index is 12.7. The molecule has 1 unspecified atom stereocenters. The highest BCUT2D eigenvalue weighted by Gasteiger charge is 2.54. The Bertz CT molecular complexity index is 536. The molecule has 0 saturated carbocycles. The van der Waals surface area contributed by atoms with Gasteiger partial charge in [-0.05, 0) is 26.7 Å². The second-order valence-corrected chi connectivity index (χ2v) is 5.56. The zero-order chi connectivity index (χ0) is 16.5. The van der Waals surface area contributed by atoms with Gasteiger partial charge in [0.25, 0.3) is 0 Å². The summed E-state index contributed by atoms with van der Waals surface area (Å²) in [7, 11) is 0. The van der Waals surface area contributed by atoms with Gasteiger partial charge in [0.05, 0.1) is 11.7 Å². The van der Waals surface area contributed by atoms with Crippen LogP contribution in [0.1, 0.15) is 25.5 Å². The molecule has 1 fully saturated rings. The number of amides is 1. The third-order valence-corrected chi connectivity index (χ3v) is 3.95. The number of aromatic nitrogens is 1. The zero-order valence-corrected chi connectivity index (χ0v) is 12.3. The van der Waals surface area contributed by atoms with E-state index in [1.165, 1.54) is 0 Å². The van der Waals surface area contributed by atoms with Crippen molar-refractivity contribution in [2.45, 2.75) is 44.5 Å². The first-order valence-electron chi connectivity index (χ1n) is 6.90. The molecule has 124 valence electrons. The molecule has 0 aliphatic carbocycles. The summed E-state index contributed by atoms with van der Waals surface area (Å²) in [5.74, 6) is -0.202. The Kier molecular flexibility index (Phi) is 4.48. The first-order valence-corrected chi connectivity index (χ1v) is 6.90. The predicted octanol–water partition coefficient (Wildman–Crippen LogP) is 1.70. The number of hydrogen-bond donors (Lipinski definition) is 2. The van der Waals surface area contributed by atoms with E-state index in [2.05, 4.69) is 10.5 Å². The highest BCUT2D eigenvalue weighted by atomic mass is 19.4. The predicted molar refractivity (Wildman–Crippen MR) is 71.1 cm³/mol. The number of anilines is 1. The molecule has 1 atom stereocenters. The molecule has 2 heterocycles. The lowest BCUT2D eigenvalue weighted by molar-refractivity contribution is -0.273. The van der Waals surface area contributed by atoms with Gasteiger partial charge < -0.3 is 9.63 Å². The first kappa shape index (κ1) is 16.8. The average Bonchev–Trinajstić information content (AvgIpc) is 2.83. The fourth-order valence-corrected chi connectivity index (χ4v) is 2.38. The second-order valence-electron chi connectivity index (χ2n) is 5.56. The van der Waals surface area contributed by atoms with Crippen molar-refractivity contribution >= 4 is 11.8 Å². The van der Waals surface area contributed by atoms with Crippen LogP contribution in [0.2, 0.25) is 0 Å². The lowest BCUT2D eigenvalue weighted by atomic mass is 9.90. The third kappa shape index (κ3) is 3.41. The molecule has 2 rings (SSSR count). The van der Waals surface area contributed by atoms with Crippen molar-refractivity contribution < 1.29 is 27.6 Å². The van der Waals surface area contributed by atoms with Crippen LogP contribution in [0.4, 0.5) is 19.1 Å². The van der Waals surface area contributed by atoms with E-state index in [9.17, 15) is 23.1 Å². The summed E-state index contributed by atoms with van der Waals surface area (Å²) >= 11 is 0. The molecule has 22 heavy (non-hydrogen) atoms. The summed E-state index contributed by atoms with van der Waals surface area (Å²) in [5, 5.41) is 15.8. The molecule has 1 aliphatic rings. The van der Waals surface area contributed by atoms with E-state index in [1.54, 1.807) is 24.8 Å². The van der Waals surface area contributed by atoms with Crippen molar-refractivity contribution in [3.05, 3.63) is 11.8 Å². The SMILES string of the molecule is Cc1cc(NC(=O)C(C)N2CCC(O)(C(F)(F)F)CC2)on1. The quantitative estimate of drug-likeness (QED) is 0.886. The Morgan fingerprint density at radius 2 is 2.09 bits per heavy atom. The van der Waals surface area contributed by atoms with Crippen LogP contribution in [0.5, 0.6) is 0 Å². The van der Waals surface area contributed by atoms with Crippen LogP contribution in [0.25, 0.3) is 0 Å². The number of carbonyl (C=O) groups is 1. The monoisotopic (exact) mass is 321 g/mol. The molecule has 0 spiro atoms. The number of aryl methyl sites for hydroxylation is 1. The number of hydrogen-bond acceptors (Lipinski definition) is 5. The van der Waals surface area contributed by atoms with Gasteiger partial charge in [-0.2, -0.15) is 13.2 Å². The van der Waals surface area contributed by atoms with Crippen LogP contribution in [-0.4, -0.2) is 52.0 Å². The maximum absolute atomic E-state index is 12.7. The van der Waals surface area contributed by atoms with E-state index >= 15 is 0 Å². The minimum atomic E-state index is -4.65. The maximum Gasteiger partial charge on any atom is 0.417 e. The van der Waals surface area contributed by atoms with E-state index in [4.69, 9.17) is 4.52 Å². The molecule has 1 saturated heterocycles. The number of piperidine rings is 1. The molecule has 9 heteroatoms. The molecule has 1 aromatic heterocycles. The van der Waals surface area contributed by atoms with Crippen LogP contribution in [0, 0.1) is 6.92 Å². The number of rotatable bonds is 3. The number of halogens is 3. The lowest BCUT2D eigenvalue weighted by Crippen LogP contribution is -2.56. The van der Waals surface area contributed by atoms with Gasteiger partial charge in [-0.15, -0.1) is 0 Å². The normalized spacial score (nSPS) is 20.6. The van der Waals surface area contributed by atoms with Gasteiger partial charge in [0.2, 0.25) is 11.8 Å². The van der Waals surface area contributed by atoms with E-state index in [-0.39, 0.29) is 19.0 Å². The van der Waals surface area contributed by atoms with Crippen LogP contribution < -0.4 is 5.32 Å². The molecule has 1 amide bonds. The van der Waals surface area contributed by atoms with Crippen LogP contribution in [0.3, 0.4) is 0 Å². The van der Waals surface area contributed by atoms with E-state index in [1.807, 2.05) is 0 Å². The Hall–Kier alpha value is -1.61. The number of likely N-dealkylation sites (tertiary alicyclic amines) is 1. The van der Waals surface area contributed by atoms with E-state index in [0.29, 0.717) is 5.69 Å². The summed E-state index contributed by atoms with van der Waals surface area (Å²) in [4.78, 5) is 13.6. The molecule has 0 radical (unpaired) electrons. The van der Waals surface area contributed by atoms with E-state index in [0.717, 1.165) is 0 Å². The van der Waals surface area contributed by atoms with Crippen molar-refractivity contribution in [2.75, 3.05) is 18.4 Å².